The highest BCUT2D eigenvalue weighted by molar-refractivity contribution is 4.84. The van der Waals surface area contributed by atoms with Gasteiger partial charge in [0.25, 0.3) is 0 Å². The standard InChI is InChI=1S/C9H21NO/c1-4-8(5-2)9(11,6-3)7-10/h8,11H,4-7,10H2,1-3H3. The van der Waals surface area contributed by atoms with Gasteiger partial charge in [-0.3, -0.25) is 0 Å². The first-order chi connectivity index (χ1) is 5.14. The van der Waals surface area contributed by atoms with Gasteiger partial charge in [-0.15, -0.1) is 0 Å². The van der Waals surface area contributed by atoms with Crippen LogP contribution in [-0.4, -0.2) is 17.3 Å². The summed E-state index contributed by atoms with van der Waals surface area (Å²) < 4.78 is 0. The van der Waals surface area contributed by atoms with Gasteiger partial charge in [-0.2, -0.15) is 0 Å². The van der Waals surface area contributed by atoms with E-state index in [1.165, 1.54) is 0 Å². The zero-order chi connectivity index (χ0) is 8.91. The average molecular weight is 159 g/mol. The molecule has 3 N–H and O–H groups in total. The lowest BCUT2D eigenvalue weighted by atomic mass is 9.81. The molecule has 0 bridgehead atoms. The van der Waals surface area contributed by atoms with Crippen LogP contribution >= 0.6 is 0 Å². The number of aliphatic hydroxyl groups is 1. The molecule has 0 heterocycles. The Kier molecular flexibility index (Phi) is 4.69. The molecule has 0 saturated carbocycles. The number of hydrogen-bond acceptors (Lipinski definition) is 2. The van der Waals surface area contributed by atoms with Crippen molar-refractivity contribution in [2.75, 3.05) is 6.54 Å². The lowest BCUT2D eigenvalue weighted by Crippen LogP contribution is -2.44. The monoisotopic (exact) mass is 159 g/mol. The molecule has 1 unspecified atom stereocenters. The molecule has 0 aliphatic carbocycles. The fourth-order valence-electron chi connectivity index (χ4n) is 1.65. The zero-order valence-corrected chi connectivity index (χ0v) is 7.93. The maximum Gasteiger partial charge on any atom is 0.0794 e. The fourth-order valence-corrected chi connectivity index (χ4v) is 1.65. The summed E-state index contributed by atoms with van der Waals surface area (Å²) in [6.45, 7) is 6.58. The normalized spacial score (nSPS) is 16.9. The summed E-state index contributed by atoms with van der Waals surface area (Å²) in [6, 6.07) is 0. The quantitative estimate of drug-likeness (QED) is 0.639. The Bertz CT molecular complexity index is 95.7. The van der Waals surface area contributed by atoms with E-state index in [2.05, 4.69) is 13.8 Å². The molecule has 2 nitrogen and oxygen atoms in total. The van der Waals surface area contributed by atoms with Crippen LogP contribution in [0.5, 0.6) is 0 Å². The molecule has 0 aliphatic heterocycles. The van der Waals surface area contributed by atoms with Gasteiger partial charge in [-0.1, -0.05) is 33.6 Å². The Hall–Kier alpha value is -0.0800. The van der Waals surface area contributed by atoms with Crippen LogP contribution in [0.1, 0.15) is 40.0 Å². The Balaban J connectivity index is 4.19. The summed E-state index contributed by atoms with van der Waals surface area (Å²) in [5, 5.41) is 9.96. The number of hydrogen-bond donors (Lipinski definition) is 2. The van der Waals surface area contributed by atoms with Crippen LogP contribution in [0.4, 0.5) is 0 Å². The summed E-state index contributed by atoms with van der Waals surface area (Å²) in [6.07, 6.45) is 2.78. The highest BCUT2D eigenvalue weighted by atomic mass is 16.3. The van der Waals surface area contributed by atoms with Gasteiger partial charge in [0, 0.05) is 6.54 Å². The van der Waals surface area contributed by atoms with Gasteiger partial charge in [-0.25, -0.2) is 0 Å². The SMILES string of the molecule is CCC(CC)C(O)(CC)CN. The van der Waals surface area contributed by atoms with Gasteiger partial charge in [0.05, 0.1) is 5.60 Å². The second-order valence-electron chi connectivity index (χ2n) is 3.17. The van der Waals surface area contributed by atoms with Gasteiger partial charge >= 0.3 is 0 Å². The second-order valence-corrected chi connectivity index (χ2v) is 3.17. The van der Waals surface area contributed by atoms with Crippen LogP contribution in [0.15, 0.2) is 0 Å². The maximum absolute atomic E-state index is 9.96. The largest absolute Gasteiger partial charge is 0.388 e. The molecule has 0 aliphatic rings. The van der Waals surface area contributed by atoms with E-state index in [1.807, 2.05) is 6.92 Å². The molecule has 11 heavy (non-hydrogen) atoms. The third kappa shape index (κ3) is 2.46. The van der Waals surface area contributed by atoms with Crippen LogP contribution in [-0.2, 0) is 0 Å². The van der Waals surface area contributed by atoms with E-state index in [4.69, 9.17) is 5.73 Å². The molecule has 1 atom stereocenters. The third-order valence-corrected chi connectivity index (χ3v) is 2.71. The van der Waals surface area contributed by atoms with Gasteiger partial charge in [0.15, 0.2) is 0 Å². The Morgan fingerprint density at radius 2 is 1.73 bits per heavy atom. The molecule has 0 amide bonds. The van der Waals surface area contributed by atoms with Crippen LogP contribution in [0.3, 0.4) is 0 Å². The number of rotatable bonds is 5. The smallest absolute Gasteiger partial charge is 0.0794 e. The fraction of sp³-hybridized carbons (Fsp3) is 1.00. The highest BCUT2D eigenvalue weighted by Crippen LogP contribution is 2.25. The van der Waals surface area contributed by atoms with E-state index in [9.17, 15) is 5.11 Å². The van der Waals surface area contributed by atoms with E-state index in [-0.39, 0.29) is 0 Å². The van der Waals surface area contributed by atoms with Gasteiger partial charge in [-0.05, 0) is 12.3 Å². The van der Waals surface area contributed by atoms with Crippen molar-refractivity contribution in [1.29, 1.82) is 0 Å². The first-order valence-corrected chi connectivity index (χ1v) is 4.57. The Morgan fingerprint density at radius 3 is 1.82 bits per heavy atom. The molecule has 0 rings (SSSR count). The summed E-state index contributed by atoms with van der Waals surface area (Å²) in [5.74, 6) is 0.359. The minimum atomic E-state index is -0.622. The Labute approximate surface area is 69.8 Å². The van der Waals surface area contributed by atoms with E-state index in [0.29, 0.717) is 12.5 Å². The molecule has 0 aromatic heterocycles. The van der Waals surface area contributed by atoms with Crippen LogP contribution in [0.2, 0.25) is 0 Å². The van der Waals surface area contributed by atoms with Crippen molar-refractivity contribution < 1.29 is 5.11 Å². The maximum atomic E-state index is 9.96. The number of nitrogens with two attached hydrogens (primary N) is 1. The lowest BCUT2D eigenvalue weighted by molar-refractivity contribution is -0.0170. The first kappa shape index (κ1) is 10.9. The predicted octanol–water partition coefficient (Wildman–Crippen LogP) is 1.52. The molecular weight excluding hydrogens is 138 g/mol. The van der Waals surface area contributed by atoms with E-state index in [0.717, 1.165) is 19.3 Å². The van der Waals surface area contributed by atoms with Crippen molar-refractivity contribution in [3.63, 3.8) is 0 Å². The molecule has 0 saturated heterocycles. The van der Waals surface area contributed by atoms with Crippen molar-refractivity contribution in [1.82, 2.24) is 0 Å². The van der Waals surface area contributed by atoms with Crippen molar-refractivity contribution >= 4 is 0 Å². The van der Waals surface area contributed by atoms with Crippen molar-refractivity contribution in [3.05, 3.63) is 0 Å². The van der Waals surface area contributed by atoms with Crippen LogP contribution < -0.4 is 5.73 Å². The van der Waals surface area contributed by atoms with Crippen LogP contribution in [0, 0.1) is 5.92 Å². The topological polar surface area (TPSA) is 46.2 Å². The third-order valence-electron chi connectivity index (χ3n) is 2.71. The first-order valence-electron chi connectivity index (χ1n) is 4.57. The van der Waals surface area contributed by atoms with E-state index >= 15 is 0 Å². The van der Waals surface area contributed by atoms with Gasteiger partial charge in [0.1, 0.15) is 0 Å². The molecular formula is C9H21NO. The lowest BCUT2D eigenvalue weighted by Gasteiger charge is -2.33. The molecule has 68 valence electrons. The minimum Gasteiger partial charge on any atom is -0.388 e. The summed E-state index contributed by atoms with van der Waals surface area (Å²) in [5.41, 5.74) is 4.90. The van der Waals surface area contributed by atoms with Crippen molar-refractivity contribution in [2.24, 2.45) is 11.7 Å². The predicted molar refractivity (Wildman–Crippen MR) is 48.4 cm³/mol. The molecule has 0 aromatic carbocycles. The zero-order valence-electron chi connectivity index (χ0n) is 7.93. The van der Waals surface area contributed by atoms with E-state index in [1.54, 1.807) is 0 Å². The van der Waals surface area contributed by atoms with Gasteiger partial charge in [0.2, 0.25) is 0 Å². The van der Waals surface area contributed by atoms with Crippen LogP contribution in [0.25, 0.3) is 0 Å². The van der Waals surface area contributed by atoms with E-state index < -0.39 is 5.60 Å². The summed E-state index contributed by atoms with van der Waals surface area (Å²) >= 11 is 0. The average Bonchev–Trinajstić information content (AvgIpc) is 2.06. The summed E-state index contributed by atoms with van der Waals surface area (Å²) in [7, 11) is 0. The molecule has 2 heteroatoms. The second kappa shape index (κ2) is 4.73. The van der Waals surface area contributed by atoms with Crippen molar-refractivity contribution in [3.8, 4) is 0 Å². The highest BCUT2D eigenvalue weighted by Gasteiger charge is 2.30. The summed E-state index contributed by atoms with van der Waals surface area (Å²) in [4.78, 5) is 0. The Morgan fingerprint density at radius 1 is 1.27 bits per heavy atom. The minimum absolute atomic E-state index is 0.359. The molecule has 0 spiro atoms. The molecule has 0 radical (unpaired) electrons. The molecule has 0 fully saturated rings. The molecule has 0 aromatic rings. The van der Waals surface area contributed by atoms with Crippen molar-refractivity contribution in [2.45, 2.75) is 45.6 Å². The van der Waals surface area contributed by atoms with Gasteiger partial charge < -0.3 is 10.8 Å².